The summed E-state index contributed by atoms with van der Waals surface area (Å²) in [5.74, 6) is 0. The monoisotopic (exact) mass is 166 g/mol. The van der Waals surface area contributed by atoms with Gasteiger partial charge in [-0.3, -0.25) is 0 Å². The van der Waals surface area contributed by atoms with Gasteiger partial charge in [0, 0.05) is 0 Å². The van der Waals surface area contributed by atoms with E-state index in [1.165, 1.54) is 0 Å². The van der Waals surface area contributed by atoms with Crippen LogP contribution in [0.15, 0.2) is 24.3 Å². The van der Waals surface area contributed by atoms with Crippen molar-refractivity contribution in [2.45, 2.75) is 6.17 Å². The van der Waals surface area contributed by atoms with Gasteiger partial charge in [0.25, 0.3) is 0 Å². The molecule has 0 aliphatic heterocycles. The van der Waals surface area contributed by atoms with Crippen molar-refractivity contribution in [1.82, 2.24) is 0 Å². The molecule has 64 valence electrons. The van der Waals surface area contributed by atoms with Crippen molar-refractivity contribution in [2.24, 2.45) is 11.5 Å². The van der Waals surface area contributed by atoms with Gasteiger partial charge in [0.05, 0.1) is 6.17 Å². The van der Waals surface area contributed by atoms with Gasteiger partial charge >= 0.3 is 7.12 Å². The number of rotatable bonds is 2. The van der Waals surface area contributed by atoms with Crippen molar-refractivity contribution in [1.29, 1.82) is 0 Å². The van der Waals surface area contributed by atoms with Gasteiger partial charge in [-0.2, -0.15) is 0 Å². The maximum absolute atomic E-state index is 8.75. The summed E-state index contributed by atoms with van der Waals surface area (Å²) in [6, 6.07) is 6.48. The zero-order valence-corrected chi connectivity index (χ0v) is 6.51. The summed E-state index contributed by atoms with van der Waals surface area (Å²) in [5, 5.41) is 17.5. The Bertz CT molecular complexity index is 221. The third kappa shape index (κ3) is 2.05. The second kappa shape index (κ2) is 3.69. The number of hydrogen-bond donors (Lipinski definition) is 4. The smallest absolute Gasteiger partial charge is 0.423 e. The quantitative estimate of drug-likeness (QED) is 0.310. The Labute approximate surface area is 71.0 Å². The zero-order chi connectivity index (χ0) is 9.14. The lowest BCUT2D eigenvalue weighted by Gasteiger charge is -2.05. The first kappa shape index (κ1) is 9.21. The van der Waals surface area contributed by atoms with Crippen molar-refractivity contribution in [3.8, 4) is 0 Å². The Hall–Kier alpha value is -0.875. The Morgan fingerprint density at radius 1 is 1.08 bits per heavy atom. The van der Waals surface area contributed by atoms with Gasteiger partial charge in [-0.1, -0.05) is 24.3 Å². The summed E-state index contributed by atoms with van der Waals surface area (Å²) >= 11 is 0. The van der Waals surface area contributed by atoms with Gasteiger partial charge in [0.2, 0.25) is 0 Å². The second-order valence-corrected chi connectivity index (χ2v) is 2.57. The summed E-state index contributed by atoms with van der Waals surface area (Å²) in [5.41, 5.74) is 12.0. The highest BCUT2D eigenvalue weighted by Crippen LogP contribution is 2.01. The molecular weight excluding hydrogens is 155 g/mol. The Balaban J connectivity index is 2.86. The third-order valence-corrected chi connectivity index (χ3v) is 1.62. The maximum Gasteiger partial charge on any atom is 0.488 e. The Morgan fingerprint density at radius 2 is 1.58 bits per heavy atom. The minimum Gasteiger partial charge on any atom is -0.423 e. The molecule has 0 aromatic heterocycles. The average molecular weight is 166 g/mol. The molecule has 0 saturated heterocycles. The lowest BCUT2D eigenvalue weighted by atomic mass is 9.80. The van der Waals surface area contributed by atoms with Gasteiger partial charge in [-0.05, 0) is 11.0 Å². The number of benzene rings is 1. The molecule has 0 radical (unpaired) electrons. The molecule has 6 N–H and O–H groups in total. The average Bonchev–Trinajstić information content (AvgIpc) is 2.04. The van der Waals surface area contributed by atoms with E-state index in [-0.39, 0.29) is 0 Å². The molecule has 12 heavy (non-hydrogen) atoms. The predicted molar refractivity (Wildman–Crippen MR) is 47.4 cm³/mol. The van der Waals surface area contributed by atoms with E-state index < -0.39 is 13.3 Å². The van der Waals surface area contributed by atoms with E-state index in [9.17, 15) is 0 Å². The predicted octanol–water partition coefficient (Wildman–Crippen LogP) is -1.72. The van der Waals surface area contributed by atoms with Crippen LogP contribution in [0.3, 0.4) is 0 Å². The zero-order valence-electron chi connectivity index (χ0n) is 6.51. The van der Waals surface area contributed by atoms with Crippen LogP contribution >= 0.6 is 0 Å². The van der Waals surface area contributed by atoms with Crippen LogP contribution in [0.5, 0.6) is 0 Å². The SMILES string of the molecule is NC(N)c1ccc(B(O)O)cc1. The van der Waals surface area contributed by atoms with Gasteiger partial charge in [-0.15, -0.1) is 0 Å². The lowest BCUT2D eigenvalue weighted by Crippen LogP contribution is -2.30. The molecule has 4 nitrogen and oxygen atoms in total. The minimum absolute atomic E-state index is 0.430. The largest absolute Gasteiger partial charge is 0.488 e. The first-order chi connectivity index (χ1) is 5.61. The van der Waals surface area contributed by atoms with Gasteiger partial charge < -0.3 is 21.5 Å². The molecule has 0 unspecified atom stereocenters. The maximum atomic E-state index is 8.75. The van der Waals surface area contributed by atoms with Crippen LogP contribution < -0.4 is 16.9 Å². The first-order valence-corrected chi connectivity index (χ1v) is 3.58. The first-order valence-electron chi connectivity index (χ1n) is 3.58. The Morgan fingerprint density at radius 3 is 1.92 bits per heavy atom. The molecule has 1 rings (SSSR count). The van der Waals surface area contributed by atoms with Crippen LogP contribution in [0.4, 0.5) is 0 Å². The summed E-state index contributed by atoms with van der Waals surface area (Å²) in [6.07, 6.45) is -0.519. The summed E-state index contributed by atoms with van der Waals surface area (Å²) < 4.78 is 0. The third-order valence-electron chi connectivity index (χ3n) is 1.62. The fourth-order valence-electron chi connectivity index (χ4n) is 0.890. The highest BCUT2D eigenvalue weighted by Gasteiger charge is 2.10. The van der Waals surface area contributed by atoms with Crippen LogP contribution in [0, 0.1) is 0 Å². The Kier molecular flexibility index (Phi) is 2.83. The van der Waals surface area contributed by atoms with Crippen molar-refractivity contribution >= 4 is 12.6 Å². The molecule has 1 aromatic rings. The molecule has 5 heteroatoms. The molecule has 0 atom stereocenters. The summed E-state index contributed by atoms with van der Waals surface area (Å²) in [7, 11) is -1.44. The fraction of sp³-hybridized carbons (Fsp3) is 0.143. The molecule has 0 saturated carbocycles. The highest BCUT2D eigenvalue weighted by atomic mass is 16.4. The van der Waals surface area contributed by atoms with E-state index in [1.54, 1.807) is 24.3 Å². The van der Waals surface area contributed by atoms with Gasteiger partial charge in [-0.25, -0.2) is 0 Å². The minimum atomic E-state index is -1.44. The number of hydrogen-bond acceptors (Lipinski definition) is 4. The van der Waals surface area contributed by atoms with Crippen LogP contribution in [-0.4, -0.2) is 17.2 Å². The van der Waals surface area contributed by atoms with E-state index >= 15 is 0 Å². The summed E-state index contributed by atoms with van der Waals surface area (Å²) in [6.45, 7) is 0. The molecular formula is C7H11BN2O2. The van der Waals surface area contributed by atoms with Crippen molar-refractivity contribution in [3.63, 3.8) is 0 Å². The normalized spacial score (nSPS) is 10.4. The van der Waals surface area contributed by atoms with E-state index in [0.29, 0.717) is 5.46 Å². The van der Waals surface area contributed by atoms with E-state index in [2.05, 4.69) is 0 Å². The van der Waals surface area contributed by atoms with Crippen molar-refractivity contribution in [3.05, 3.63) is 29.8 Å². The van der Waals surface area contributed by atoms with Crippen molar-refractivity contribution < 1.29 is 10.0 Å². The molecule has 0 bridgehead atoms. The highest BCUT2D eigenvalue weighted by molar-refractivity contribution is 6.58. The van der Waals surface area contributed by atoms with E-state index in [4.69, 9.17) is 21.5 Å². The topological polar surface area (TPSA) is 92.5 Å². The lowest BCUT2D eigenvalue weighted by molar-refractivity contribution is 0.426. The molecule has 0 fully saturated rings. The molecule has 0 amide bonds. The molecule has 0 heterocycles. The standard InChI is InChI=1S/C7H11BN2O2/c9-7(10)5-1-3-6(4-2-5)8(11)12/h1-4,7,11-12H,9-10H2. The second-order valence-electron chi connectivity index (χ2n) is 2.57. The van der Waals surface area contributed by atoms with Crippen LogP contribution in [0.2, 0.25) is 0 Å². The van der Waals surface area contributed by atoms with Crippen LogP contribution in [-0.2, 0) is 0 Å². The summed E-state index contributed by atoms with van der Waals surface area (Å²) in [4.78, 5) is 0. The van der Waals surface area contributed by atoms with Gasteiger partial charge in [0.1, 0.15) is 0 Å². The molecule has 0 spiro atoms. The molecule has 0 aliphatic carbocycles. The van der Waals surface area contributed by atoms with E-state index in [1.807, 2.05) is 0 Å². The fourth-order valence-corrected chi connectivity index (χ4v) is 0.890. The number of nitrogens with two attached hydrogens (primary N) is 2. The van der Waals surface area contributed by atoms with E-state index in [0.717, 1.165) is 5.56 Å². The van der Waals surface area contributed by atoms with Crippen LogP contribution in [0.25, 0.3) is 0 Å². The van der Waals surface area contributed by atoms with Crippen LogP contribution in [0.1, 0.15) is 11.7 Å². The van der Waals surface area contributed by atoms with Gasteiger partial charge in [0.15, 0.2) is 0 Å². The molecule has 1 aromatic carbocycles. The molecule has 0 aliphatic rings. The van der Waals surface area contributed by atoms with Crippen molar-refractivity contribution in [2.75, 3.05) is 0 Å².